The molecule has 0 atom stereocenters. The third-order valence-electron chi connectivity index (χ3n) is 1.91. The first-order valence-electron chi connectivity index (χ1n) is 4.83. The molecule has 1 aromatic heterocycles. The molecule has 0 radical (unpaired) electrons. The number of hydrogen-bond donors (Lipinski definition) is 1. The summed E-state index contributed by atoms with van der Waals surface area (Å²) in [5, 5.41) is 3.93. The number of nitrogens with one attached hydrogen (secondary N) is 1. The SMILES string of the molecule is CC(C)(C)CCNc1ccc(Cl)cn1. The van der Waals surface area contributed by atoms with Gasteiger partial charge >= 0.3 is 0 Å². The maximum absolute atomic E-state index is 5.73. The molecule has 0 saturated heterocycles. The molecule has 0 aliphatic heterocycles. The van der Waals surface area contributed by atoms with Gasteiger partial charge in [0.05, 0.1) is 5.02 Å². The molecule has 1 rings (SSSR count). The summed E-state index contributed by atoms with van der Waals surface area (Å²) in [6.07, 6.45) is 2.78. The molecule has 2 nitrogen and oxygen atoms in total. The Labute approximate surface area is 90.7 Å². The third kappa shape index (κ3) is 4.47. The molecule has 3 heteroatoms. The zero-order valence-electron chi connectivity index (χ0n) is 8.97. The van der Waals surface area contributed by atoms with E-state index in [4.69, 9.17) is 11.6 Å². The van der Waals surface area contributed by atoms with Gasteiger partial charge in [0, 0.05) is 12.7 Å². The zero-order chi connectivity index (χ0) is 10.6. The Morgan fingerprint density at radius 3 is 2.57 bits per heavy atom. The molecule has 14 heavy (non-hydrogen) atoms. The number of hydrogen-bond acceptors (Lipinski definition) is 2. The molecule has 1 N–H and O–H groups in total. The van der Waals surface area contributed by atoms with E-state index in [1.165, 1.54) is 0 Å². The fraction of sp³-hybridized carbons (Fsp3) is 0.545. The van der Waals surface area contributed by atoms with Gasteiger partial charge < -0.3 is 5.32 Å². The van der Waals surface area contributed by atoms with E-state index in [-0.39, 0.29) is 0 Å². The van der Waals surface area contributed by atoms with E-state index in [1.54, 1.807) is 6.20 Å². The van der Waals surface area contributed by atoms with Crippen molar-refractivity contribution < 1.29 is 0 Å². The minimum atomic E-state index is 0.361. The van der Waals surface area contributed by atoms with Crippen molar-refractivity contribution in [3.8, 4) is 0 Å². The van der Waals surface area contributed by atoms with Crippen molar-refractivity contribution in [1.82, 2.24) is 4.98 Å². The fourth-order valence-corrected chi connectivity index (χ4v) is 1.16. The van der Waals surface area contributed by atoms with E-state index < -0.39 is 0 Å². The molecule has 0 aromatic carbocycles. The summed E-state index contributed by atoms with van der Waals surface area (Å²) in [7, 11) is 0. The lowest BCUT2D eigenvalue weighted by molar-refractivity contribution is 0.389. The monoisotopic (exact) mass is 212 g/mol. The van der Waals surface area contributed by atoms with Crippen molar-refractivity contribution >= 4 is 17.4 Å². The highest BCUT2D eigenvalue weighted by molar-refractivity contribution is 6.30. The first-order chi connectivity index (χ1) is 6.47. The zero-order valence-corrected chi connectivity index (χ0v) is 9.73. The van der Waals surface area contributed by atoms with E-state index in [9.17, 15) is 0 Å². The molecule has 1 aromatic rings. The van der Waals surface area contributed by atoms with Gasteiger partial charge in [-0.1, -0.05) is 32.4 Å². The molecule has 0 amide bonds. The van der Waals surface area contributed by atoms with Crippen molar-refractivity contribution in [3.63, 3.8) is 0 Å². The summed E-state index contributed by atoms with van der Waals surface area (Å²) >= 11 is 5.73. The van der Waals surface area contributed by atoms with Crippen LogP contribution in [0.1, 0.15) is 27.2 Å². The van der Waals surface area contributed by atoms with Crippen molar-refractivity contribution in [2.45, 2.75) is 27.2 Å². The molecule has 0 fully saturated rings. The van der Waals surface area contributed by atoms with Gasteiger partial charge in [0.1, 0.15) is 5.82 Å². The van der Waals surface area contributed by atoms with E-state index in [2.05, 4.69) is 31.1 Å². The van der Waals surface area contributed by atoms with E-state index >= 15 is 0 Å². The first kappa shape index (κ1) is 11.3. The van der Waals surface area contributed by atoms with Gasteiger partial charge in [-0.15, -0.1) is 0 Å². The number of halogens is 1. The van der Waals surface area contributed by atoms with Crippen LogP contribution >= 0.6 is 11.6 Å². The Bertz CT molecular complexity index is 274. The molecule has 78 valence electrons. The predicted octanol–water partition coefficient (Wildman–Crippen LogP) is 3.58. The molecular formula is C11H17ClN2. The van der Waals surface area contributed by atoms with Crippen molar-refractivity contribution in [2.24, 2.45) is 5.41 Å². The normalized spacial score (nSPS) is 11.4. The third-order valence-corrected chi connectivity index (χ3v) is 2.13. The Morgan fingerprint density at radius 1 is 1.36 bits per heavy atom. The Kier molecular flexibility index (Phi) is 3.76. The van der Waals surface area contributed by atoms with Crippen LogP contribution < -0.4 is 5.32 Å². The molecule has 0 aliphatic rings. The molecule has 0 unspecified atom stereocenters. The number of aromatic nitrogens is 1. The smallest absolute Gasteiger partial charge is 0.125 e. The lowest BCUT2D eigenvalue weighted by Crippen LogP contribution is -2.13. The van der Waals surface area contributed by atoms with E-state index in [0.717, 1.165) is 18.8 Å². The second-order valence-corrected chi connectivity index (χ2v) is 5.04. The van der Waals surface area contributed by atoms with Crippen LogP contribution in [0.5, 0.6) is 0 Å². The van der Waals surface area contributed by atoms with Crippen molar-refractivity contribution in [1.29, 1.82) is 0 Å². The predicted molar refractivity (Wildman–Crippen MR) is 61.8 cm³/mol. The van der Waals surface area contributed by atoms with Crippen LogP contribution in [-0.4, -0.2) is 11.5 Å². The number of nitrogens with zero attached hydrogens (tertiary/aromatic N) is 1. The standard InChI is InChI=1S/C11H17ClN2/c1-11(2,3)6-7-13-10-5-4-9(12)8-14-10/h4-5,8H,6-7H2,1-3H3,(H,13,14). The van der Waals surface area contributed by atoms with Gasteiger partial charge in [0.15, 0.2) is 0 Å². The van der Waals surface area contributed by atoms with Crippen molar-refractivity contribution in [3.05, 3.63) is 23.4 Å². The van der Waals surface area contributed by atoms with Crippen LogP contribution in [0.15, 0.2) is 18.3 Å². The van der Waals surface area contributed by atoms with Gasteiger partial charge in [-0.2, -0.15) is 0 Å². The lowest BCUT2D eigenvalue weighted by atomic mass is 9.92. The maximum Gasteiger partial charge on any atom is 0.125 e. The Morgan fingerprint density at radius 2 is 2.07 bits per heavy atom. The van der Waals surface area contributed by atoms with E-state index in [0.29, 0.717) is 10.4 Å². The van der Waals surface area contributed by atoms with Gasteiger partial charge in [0.2, 0.25) is 0 Å². The highest BCUT2D eigenvalue weighted by atomic mass is 35.5. The van der Waals surface area contributed by atoms with Gasteiger partial charge in [-0.3, -0.25) is 0 Å². The van der Waals surface area contributed by atoms with Gasteiger partial charge in [-0.25, -0.2) is 4.98 Å². The highest BCUT2D eigenvalue weighted by Gasteiger charge is 2.08. The van der Waals surface area contributed by atoms with Crippen LogP contribution in [0.2, 0.25) is 5.02 Å². The highest BCUT2D eigenvalue weighted by Crippen LogP contribution is 2.18. The van der Waals surface area contributed by atoms with Crippen molar-refractivity contribution in [2.75, 3.05) is 11.9 Å². The van der Waals surface area contributed by atoms with Crippen LogP contribution in [0.25, 0.3) is 0 Å². The molecule has 0 spiro atoms. The summed E-state index contributed by atoms with van der Waals surface area (Å²) in [5.41, 5.74) is 0.361. The van der Waals surface area contributed by atoms with E-state index in [1.807, 2.05) is 12.1 Å². The minimum Gasteiger partial charge on any atom is -0.370 e. The molecule has 1 heterocycles. The molecule has 0 aliphatic carbocycles. The van der Waals surface area contributed by atoms with Crippen LogP contribution in [0.3, 0.4) is 0 Å². The quantitative estimate of drug-likeness (QED) is 0.829. The summed E-state index contributed by atoms with van der Waals surface area (Å²) in [5.74, 6) is 0.888. The molecule has 0 saturated carbocycles. The second-order valence-electron chi connectivity index (χ2n) is 4.60. The average Bonchev–Trinajstić information content (AvgIpc) is 2.06. The Balaban J connectivity index is 2.35. The maximum atomic E-state index is 5.73. The topological polar surface area (TPSA) is 24.9 Å². The number of rotatable bonds is 3. The number of anilines is 1. The van der Waals surface area contributed by atoms with Gasteiger partial charge in [-0.05, 0) is 24.0 Å². The molecule has 0 bridgehead atoms. The minimum absolute atomic E-state index is 0.361. The fourth-order valence-electron chi connectivity index (χ4n) is 1.05. The lowest BCUT2D eigenvalue weighted by Gasteiger charge is -2.18. The molecular weight excluding hydrogens is 196 g/mol. The number of pyridine rings is 1. The van der Waals surface area contributed by atoms with Crippen LogP contribution in [-0.2, 0) is 0 Å². The second kappa shape index (κ2) is 4.65. The summed E-state index contributed by atoms with van der Waals surface area (Å²) < 4.78 is 0. The largest absolute Gasteiger partial charge is 0.370 e. The van der Waals surface area contributed by atoms with Crippen LogP contribution in [0.4, 0.5) is 5.82 Å². The first-order valence-corrected chi connectivity index (χ1v) is 5.21. The van der Waals surface area contributed by atoms with Gasteiger partial charge in [0.25, 0.3) is 0 Å². The summed E-state index contributed by atoms with van der Waals surface area (Å²) in [6.45, 7) is 7.62. The van der Waals surface area contributed by atoms with Crippen LogP contribution in [0, 0.1) is 5.41 Å². The summed E-state index contributed by atoms with van der Waals surface area (Å²) in [6, 6.07) is 3.74. The Hall–Kier alpha value is -0.760. The average molecular weight is 213 g/mol. The summed E-state index contributed by atoms with van der Waals surface area (Å²) in [4.78, 5) is 4.15.